The number of halogens is 1. The van der Waals surface area contributed by atoms with Gasteiger partial charge >= 0.3 is 0 Å². The highest BCUT2D eigenvalue weighted by Gasteiger charge is 2.23. The standard InChI is InChI=1S/C13H24ClN3O2S2/c1-5-17(6-2)9-7-8-10(3)16-21(18,19)12-11(4)15-13(14)20-12/h10,16H,5-9H2,1-4H3. The van der Waals surface area contributed by atoms with E-state index in [0.29, 0.717) is 5.69 Å². The molecule has 0 amide bonds. The Kier molecular flexibility index (Phi) is 7.56. The van der Waals surface area contributed by atoms with E-state index in [1.54, 1.807) is 6.92 Å². The Morgan fingerprint density at radius 1 is 1.38 bits per heavy atom. The van der Waals surface area contributed by atoms with Crippen molar-refractivity contribution in [3.8, 4) is 0 Å². The van der Waals surface area contributed by atoms with Crippen LogP contribution in [-0.4, -0.2) is 44.0 Å². The predicted molar refractivity (Wildman–Crippen MR) is 88.7 cm³/mol. The minimum Gasteiger partial charge on any atom is -0.304 e. The van der Waals surface area contributed by atoms with Gasteiger partial charge in [0.1, 0.15) is 0 Å². The Morgan fingerprint density at radius 2 is 2.00 bits per heavy atom. The van der Waals surface area contributed by atoms with Crippen LogP contribution in [0.5, 0.6) is 0 Å². The number of sulfonamides is 1. The SMILES string of the molecule is CCN(CC)CCCC(C)NS(=O)(=O)c1sc(Cl)nc1C. The van der Waals surface area contributed by atoms with Gasteiger partial charge in [-0.25, -0.2) is 18.1 Å². The summed E-state index contributed by atoms with van der Waals surface area (Å²) in [5.41, 5.74) is 0.452. The second kappa shape index (κ2) is 8.43. The summed E-state index contributed by atoms with van der Waals surface area (Å²) in [5, 5.41) is 0. The molecule has 0 bridgehead atoms. The van der Waals surface area contributed by atoms with Crippen molar-refractivity contribution in [3.05, 3.63) is 10.2 Å². The monoisotopic (exact) mass is 353 g/mol. The number of hydrogen-bond donors (Lipinski definition) is 1. The summed E-state index contributed by atoms with van der Waals surface area (Å²) in [6.45, 7) is 10.8. The van der Waals surface area contributed by atoms with Crippen LogP contribution >= 0.6 is 22.9 Å². The number of thiazole rings is 1. The second-order valence-electron chi connectivity index (χ2n) is 5.03. The van der Waals surface area contributed by atoms with E-state index in [-0.39, 0.29) is 14.7 Å². The van der Waals surface area contributed by atoms with Gasteiger partial charge in [0.15, 0.2) is 8.68 Å². The molecule has 1 heterocycles. The molecule has 0 aromatic carbocycles. The summed E-state index contributed by atoms with van der Waals surface area (Å²) in [5.74, 6) is 0. The van der Waals surface area contributed by atoms with E-state index < -0.39 is 10.0 Å². The minimum absolute atomic E-state index is 0.106. The number of aromatic nitrogens is 1. The average Bonchev–Trinajstić information content (AvgIpc) is 2.74. The van der Waals surface area contributed by atoms with Gasteiger partial charge in [0.2, 0.25) is 0 Å². The van der Waals surface area contributed by atoms with E-state index in [4.69, 9.17) is 11.6 Å². The zero-order valence-corrected chi connectivity index (χ0v) is 15.4. The number of aryl methyl sites for hydroxylation is 1. The molecule has 0 aliphatic carbocycles. The molecule has 21 heavy (non-hydrogen) atoms. The molecule has 0 saturated heterocycles. The lowest BCUT2D eigenvalue weighted by molar-refractivity contribution is 0.293. The largest absolute Gasteiger partial charge is 0.304 e. The summed E-state index contributed by atoms with van der Waals surface area (Å²) >= 11 is 6.76. The van der Waals surface area contributed by atoms with Gasteiger partial charge in [0, 0.05) is 6.04 Å². The first-order valence-corrected chi connectivity index (χ1v) is 9.85. The fourth-order valence-electron chi connectivity index (χ4n) is 2.14. The van der Waals surface area contributed by atoms with E-state index in [9.17, 15) is 8.42 Å². The van der Waals surface area contributed by atoms with E-state index in [0.717, 1.165) is 43.8 Å². The summed E-state index contributed by atoms with van der Waals surface area (Å²) in [4.78, 5) is 6.28. The van der Waals surface area contributed by atoms with Crippen molar-refractivity contribution in [3.63, 3.8) is 0 Å². The first-order valence-electron chi connectivity index (χ1n) is 7.17. The van der Waals surface area contributed by atoms with Crippen molar-refractivity contribution in [2.45, 2.75) is 50.8 Å². The number of rotatable bonds is 9. The van der Waals surface area contributed by atoms with Crippen LogP contribution in [0, 0.1) is 6.92 Å². The summed E-state index contributed by atoms with van der Waals surface area (Å²) in [6.07, 6.45) is 1.77. The Morgan fingerprint density at radius 3 is 2.48 bits per heavy atom. The molecule has 1 atom stereocenters. The zero-order valence-electron chi connectivity index (χ0n) is 13.0. The van der Waals surface area contributed by atoms with Crippen molar-refractivity contribution < 1.29 is 8.42 Å². The quantitative estimate of drug-likeness (QED) is 0.741. The molecule has 0 fully saturated rings. The predicted octanol–water partition coefficient (Wildman–Crippen LogP) is 2.89. The Balaban J connectivity index is 2.54. The Bertz CT molecular complexity index is 542. The molecule has 1 unspecified atom stereocenters. The van der Waals surface area contributed by atoms with Crippen LogP contribution in [0.3, 0.4) is 0 Å². The van der Waals surface area contributed by atoms with Crippen LogP contribution in [0.25, 0.3) is 0 Å². The van der Waals surface area contributed by atoms with Crippen LogP contribution in [-0.2, 0) is 10.0 Å². The molecule has 1 rings (SSSR count). The highest BCUT2D eigenvalue weighted by Crippen LogP contribution is 2.26. The average molecular weight is 354 g/mol. The van der Waals surface area contributed by atoms with Gasteiger partial charge in [0.05, 0.1) is 5.69 Å². The topological polar surface area (TPSA) is 62.3 Å². The lowest BCUT2D eigenvalue weighted by Crippen LogP contribution is -2.33. The number of nitrogens with zero attached hydrogens (tertiary/aromatic N) is 2. The first-order chi connectivity index (χ1) is 9.80. The van der Waals surface area contributed by atoms with Gasteiger partial charge in [-0.15, -0.1) is 0 Å². The molecule has 1 aromatic rings. The summed E-state index contributed by atoms with van der Waals surface area (Å²) in [6, 6.07) is -0.106. The molecular weight excluding hydrogens is 330 g/mol. The summed E-state index contributed by atoms with van der Waals surface area (Å²) < 4.78 is 27.7. The van der Waals surface area contributed by atoms with Crippen LogP contribution < -0.4 is 4.72 Å². The normalized spacial score (nSPS) is 13.8. The molecule has 1 N–H and O–H groups in total. The third kappa shape index (κ3) is 5.83. The van der Waals surface area contributed by atoms with Crippen LogP contribution in [0.15, 0.2) is 4.21 Å². The second-order valence-corrected chi connectivity index (χ2v) is 8.52. The van der Waals surface area contributed by atoms with Gasteiger partial charge in [-0.2, -0.15) is 0 Å². The number of nitrogens with one attached hydrogen (secondary N) is 1. The molecule has 1 aromatic heterocycles. The molecule has 8 heteroatoms. The maximum Gasteiger partial charge on any atom is 0.252 e. The fraction of sp³-hybridized carbons (Fsp3) is 0.769. The minimum atomic E-state index is -3.52. The highest BCUT2D eigenvalue weighted by atomic mass is 35.5. The van der Waals surface area contributed by atoms with Gasteiger partial charge in [-0.1, -0.05) is 36.8 Å². The van der Waals surface area contributed by atoms with Gasteiger partial charge in [-0.3, -0.25) is 0 Å². The molecule has 122 valence electrons. The Labute approximate surface area is 136 Å². The van der Waals surface area contributed by atoms with Crippen molar-refractivity contribution in [2.24, 2.45) is 0 Å². The van der Waals surface area contributed by atoms with E-state index in [2.05, 4.69) is 28.5 Å². The van der Waals surface area contributed by atoms with Crippen LogP contribution in [0.4, 0.5) is 0 Å². The fourth-order valence-corrected chi connectivity index (χ4v) is 5.17. The van der Waals surface area contributed by atoms with Gasteiger partial charge in [-0.05, 0) is 46.3 Å². The maximum atomic E-state index is 12.3. The molecule has 0 aliphatic rings. The molecule has 0 aliphatic heterocycles. The third-order valence-electron chi connectivity index (χ3n) is 3.33. The van der Waals surface area contributed by atoms with Crippen molar-refractivity contribution in [2.75, 3.05) is 19.6 Å². The zero-order chi connectivity index (χ0) is 16.0. The van der Waals surface area contributed by atoms with E-state index >= 15 is 0 Å². The molecule has 0 spiro atoms. The van der Waals surface area contributed by atoms with Crippen molar-refractivity contribution in [1.82, 2.24) is 14.6 Å². The lowest BCUT2D eigenvalue weighted by atomic mass is 10.2. The molecule has 5 nitrogen and oxygen atoms in total. The molecular formula is C13H24ClN3O2S2. The maximum absolute atomic E-state index is 12.3. The number of hydrogen-bond acceptors (Lipinski definition) is 5. The van der Waals surface area contributed by atoms with Gasteiger partial charge < -0.3 is 4.90 Å². The summed E-state index contributed by atoms with van der Waals surface area (Å²) in [7, 11) is -3.52. The molecule has 0 radical (unpaired) electrons. The van der Waals surface area contributed by atoms with E-state index in [1.807, 2.05) is 6.92 Å². The lowest BCUT2D eigenvalue weighted by Gasteiger charge is -2.19. The van der Waals surface area contributed by atoms with Crippen LogP contribution in [0.1, 0.15) is 39.3 Å². The van der Waals surface area contributed by atoms with E-state index in [1.165, 1.54) is 0 Å². The van der Waals surface area contributed by atoms with Crippen molar-refractivity contribution >= 4 is 33.0 Å². The Hall–Kier alpha value is -0.210. The van der Waals surface area contributed by atoms with Gasteiger partial charge in [0.25, 0.3) is 10.0 Å². The first kappa shape index (κ1) is 18.8. The highest BCUT2D eigenvalue weighted by molar-refractivity contribution is 7.91. The third-order valence-corrected chi connectivity index (χ3v) is 6.80. The molecule has 0 saturated carbocycles. The van der Waals surface area contributed by atoms with Crippen LogP contribution in [0.2, 0.25) is 4.47 Å². The smallest absolute Gasteiger partial charge is 0.252 e. The van der Waals surface area contributed by atoms with Crippen molar-refractivity contribution in [1.29, 1.82) is 0 Å².